The third kappa shape index (κ3) is 4.93. The van der Waals surface area contributed by atoms with Crippen LogP contribution in [0.4, 0.5) is 11.4 Å². The van der Waals surface area contributed by atoms with Gasteiger partial charge >= 0.3 is 0 Å². The zero-order valence-corrected chi connectivity index (χ0v) is 17.9. The first-order valence-electron chi connectivity index (χ1n) is 10.2. The molecule has 0 radical (unpaired) electrons. The van der Waals surface area contributed by atoms with Crippen LogP contribution in [0.1, 0.15) is 44.9 Å². The van der Waals surface area contributed by atoms with Crippen LogP contribution in [-0.4, -0.2) is 36.2 Å². The zero-order chi connectivity index (χ0) is 18.1. The molecule has 1 aliphatic heterocycles. The summed E-state index contributed by atoms with van der Waals surface area (Å²) < 4.78 is 0. The van der Waals surface area contributed by atoms with Crippen molar-refractivity contribution in [1.82, 2.24) is 0 Å². The summed E-state index contributed by atoms with van der Waals surface area (Å²) in [7, 11) is 0. The molecule has 28 heavy (non-hydrogen) atoms. The fourth-order valence-electron chi connectivity index (χ4n) is 5.20. The molecule has 5 nitrogen and oxygen atoms in total. The second-order valence-corrected chi connectivity index (χ2v) is 8.42. The third-order valence-electron chi connectivity index (χ3n) is 6.75. The summed E-state index contributed by atoms with van der Waals surface area (Å²) in [6, 6.07) is 8.34. The predicted molar refractivity (Wildman–Crippen MR) is 119 cm³/mol. The van der Waals surface area contributed by atoms with Gasteiger partial charge in [-0.05, 0) is 62.5 Å². The summed E-state index contributed by atoms with van der Waals surface area (Å²) in [5.41, 5.74) is 8.34. The predicted octanol–water partition coefficient (Wildman–Crippen LogP) is 3.58. The molecule has 1 aromatic carbocycles. The van der Waals surface area contributed by atoms with E-state index in [0.717, 1.165) is 50.1 Å². The number of nitrogens with zero attached hydrogens (tertiary/aromatic N) is 1. The number of fused-ring (bicyclic) bond motifs is 2. The lowest BCUT2D eigenvalue weighted by Gasteiger charge is -2.43. The van der Waals surface area contributed by atoms with Crippen molar-refractivity contribution in [3.05, 3.63) is 24.3 Å². The monoisotopic (exact) mass is 429 g/mol. The Kier molecular flexibility index (Phi) is 8.44. The second-order valence-electron chi connectivity index (χ2n) is 8.42. The number of para-hydroxylation sites is 2. The second kappa shape index (κ2) is 10.1. The molecule has 158 valence electrons. The summed E-state index contributed by atoms with van der Waals surface area (Å²) in [5.74, 6) is 1.26. The number of hydrogen-bond acceptors (Lipinski definition) is 4. The van der Waals surface area contributed by atoms with Crippen LogP contribution in [0.15, 0.2) is 24.3 Å². The van der Waals surface area contributed by atoms with Gasteiger partial charge in [0.25, 0.3) is 0 Å². The van der Waals surface area contributed by atoms with E-state index >= 15 is 0 Å². The summed E-state index contributed by atoms with van der Waals surface area (Å²) in [4.78, 5) is 15.3. The summed E-state index contributed by atoms with van der Waals surface area (Å²) in [6.07, 6.45) is 6.85. The minimum Gasteiger partial charge on any atom is -0.393 e. The number of nitrogens with two attached hydrogens (primary N) is 1. The van der Waals surface area contributed by atoms with E-state index in [0.29, 0.717) is 17.9 Å². The fraction of sp³-hybridized carbons (Fsp3) is 0.667. The van der Waals surface area contributed by atoms with E-state index in [-0.39, 0.29) is 42.7 Å². The van der Waals surface area contributed by atoms with Crippen LogP contribution in [0, 0.1) is 17.8 Å². The number of anilines is 2. The molecule has 1 aromatic rings. The fourth-order valence-corrected chi connectivity index (χ4v) is 5.20. The van der Waals surface area contributed by atoms with Crippen molar-refractivity contribution in [3.63, 3.8) is 0 Å². The van der Waals surface area contributed by atoms with Crippen molar-refractivity contribution in [2.45, 2.75) is 57.1 Å². The van der Waals surface area contributed by atoms with E-state index in [4.69, 9.17) is 5.73 Å². The van der Waals surface area contributed by atoms with Crippen molar-refractivity contribution in [1.29, 1.82) is 0 Å². The smallest absolute Gasteiger partial charge is 0.227 e. The maximum atomic E-state index is 13.0. The largest absolute Gasteiger partial charge is 0.393 e. The Morgan fingerprint density at radius 3 is 2.29 bits per heavy atom. The molecular weight excluding hydrogens is 397 g/mol. The van der Waals surface area contributed by atoms with E-state index in [1.54, 1.807) is 0 Å². The molecule has 1 saturated heterocycles. The Morgan fingerprint density at radius 1 is 1.04 bits per heavy atom. The number of rotatable bonds is 3. The molecular formula is C21H33Cl2N3O2. The van der Waals surface area contributed by atoms with Crippen LogP contribution in [0.25, 0.3) is 0 Å². The standard InChI is InChI=1S/C21H31N3O2.2ClH/c22-20-14-4-3-5-15(20)13-16(12-14)21(26)23-18-6-1-2-7-19(18)24-10-8-17(25)9-11-24;;/h1-2,6-7,14-17,20,25H,3-5,8-13,22H2,(H,23,26);2*1H. The van der Waals surface area contributed by atoms with Crippen LogP contribution in [-0.2, 0) is 4.79 Å². The average molecular weight is 430 g/mol. The molecule has 7 heteroatoms. The lowest BCUT2D eigenvalue weighted by atomic mass is 9.65. The Labute approximate surface area is 180 Å². The molecule has 1 heterocycles. The van der Waals surface area contributed by atoms with Gasteiger partial charge in [0, 0.05) is 25.0 Å². The number of halogens is 2. The highest BCUT2D eigenvalue weighted by atomic mass is 35.5. The number of carbonyl (C=O) groups is 1. The quantitative estimate of drug-likeness (QED) is 0.685. The Bertz CT molecular complexity index is 638. The average Bonchev–Trinajstić information content (AvgIpc) is 2.63. The van der Waals surface area contributed by atoms with E-state index in [2.05, 4.69) is 16.3 Å². The van der Waals surface area contributed by atoms with Crippen LogP contribution in [0.5, 0.6) is 0 Å². The van der Waals surface area contributed by atoms with Crippen molar-refractivity contribution in [3.8, 4) is 0 Å². The lowest BCUT2D eigenvalue weighted by molar-refractivity contribution is -0.122. The van der Waals surface area contributed by atoms with Crippen molar-refractivity contribution in [2.75, 3.05) is 23.3 Å². The lowest BCUT2D eigenvalue weighted by Crippen LogP contribution is -2.48. The van der Waals surface area contributed by atoms with Gasteiger partial charge in [0.1, 0.15) is 0 Å². The maximum absolute atomic E-state index is 13.0. The first kappa shape index (κ1) is 23.3. The molecule has 3 fully saturated rings. The Morgan fingerprint density at radius 2 is 1.64 bits per heavy atom. The molecule has 0 spiro atoms. The molecule has 4 rings (SSSR count). The minimum absolute atomic E-state index is 0. The first-order chi connectivity index (χ1) is 12.6. The summed E-state index contributed by atoms with van der Waals surface area (Å²) in [5, 5.41) is 13.0. The number of piperidine rings is 1. The Hall–Kier alpha value is -1.01. The highest BCUT2D eigenvalue weighted by Gasteiger charge is 2.40. The Balaban J connectivity index is 0.00000140. The number of aliphatic hydroxyl groups excluding tert-OH is 1. The van der Waals surface area contributed by atoms with Gasteiger partial charge in [-0.2, -0.15) is 0 Å². The number of amides is 1. The normalized spacial score (nSPS) is 30.0. The van der Waals surface area contributed by atoms with Gasteiger partial charge in [-0.1, -0.05) is 18.6 Å². The van der Waals surface area contributed by atoms with Crippen LogP contribution in [0.2, 0.25) is 0 Å². The van der Waals surface area contributed by atoms with Crippen molar-refractivity contribution >= 4 is 42.1 Å². The number of benzene rings is 1. The van der Waals surface area contributed by atoms with Gasteiger partial charge in [0.15, 0.2) is 0 Å². The number of nitrogens with one attached hydrogen (secondary N) is 1. The zero-order valence-electron chi connectivity index (χ0n) is 16.3. The van der Waals surface area contributed by atoms with Crippen LogP contribution >= 0.6 is 24.8 Å². The van der Waals surface area contributed by atoms with Crippen LogP contribution in [0.3, 0.4) is 0 Å². The molecule has 2 saturated carbocycles. The minimum atomic E-state index is -0.195. The van der Waals surface area contributed by atoms with Gasteiger partial charge in [-0.15, -0.1) is 24.8 Å². The number of aliphatic hydroxyl groups is 1. The van der Waals surface area contributed by atoms with Crippen molar-refractivity contribution in [2.24, 2.45) is 23.5 Å². The van der Waals surface area contributed by atoms with E-state index in [1.807, 2.05) is 18.2 Å². The molecule has 2 unspecified atom stereocenters. The molecule has 2 atom stereocenters. The molecule has 4 N–H and O–H groups in total. The summed E-state index contributed by atoms with van der Waals surface area (Å²) in [6.45, 7) is 1.66. The molecule has 3 aliphatic rings. The highest BCUT2D eigenvalue weighted by molar-refractivity contribution is 5.96. The third-order valence-corrected chi connectivity index (χ3v) is 6.75. The van der Waals surface area contributed by atoms with E-state index in [1.165, 1.54) is 19.3 Å². The van der Waals surface area contributed by atoms with Gasteiger partial charge in [-0.3, -0.25) is 4.79 Å². The highest BCUT2D eigenvalue weighted by Crippen LogP contribution is 2.42. The van der Waals surface area contributed by atoms with Crippen molar-refractivity contribution < 1.29 is 9.90 Å². The summed E-state index contributed by atoms with van der Waals surface area (Å²) >= 11 is 0. The van der Waals surface area contributed by atoms with Crippen LogP contribution < -0.4 is 16.0 Å². The van der Waals surface area contributed by atoms with Gasteiger partial charge in [0.2, 0.25) is 5.91 Å². The number of carbonyl (C=O) groups excluding carboxylic acids is 1. The molecule has 2 bridgehead atoms. The van der Waals surface area contributed by atoms with Gasteiger partial charge in [0.05, 0.1) is 17.5 Å². The number of hydrogen-bond donors (Lipinski definition) is 3. The molecule has 0 aromatic heterocycles. The SMILES string of the molecule is Cl.Cl.NC1C2CCCC1CC(C(=O)Nc1ccccc1N1CCC(O)CC1)C2. The maximum Gasteiger partial charge on any atom is 0.227 e. The van der Waals surface area contributed by atoms with E-state index < -0.39 is 0 Å². The molecule has 2 aliphatic carbocycles. The van der Waals surface area contributed by atoms with E-state index in [9.17, 15) is 9.90 Å². The van der Waals surface area contributed by atoms with Gasteiger partial charge < -0.3 is 21.1 Å². The topological polar surface area (TPSA) is 78.6 Å². The first-order valence-corrected chi connectivity index (χ1v) is 10.2. The van der Waals surface area contributed by atoms with Gasteiger partial charge in [-0.25, -0.2) is 0 Å². The molecule has 1 amide bonds.